The summed E-state index contributed by atoms with van der Waals surface area (Å²) >= 11 is 6.70. The Balaban J connectivity index is 1.77. The van der Waals surface area contributed by atoms with Crippen LogP contribution < -0.4 is 0 Å². The van der Waals surface area contributed by atoms with Gasteiger partial charge in [0.15, 0.2) is 5.69 Å². The highest BCUT2D eigenvalue weighted by Gasteiger charge is 2.18. The van der Waals surface area contributed by atoms with Crippen molar-refractivity contribution < 1.29 is 15.0 Å². The average molecular weight is 529 g/mol. The molecule has 0 bridgehead atoms. The van der Waals surface area contributed by atoms with Gasteiger partial charge in [-0.3, -0.25) is 4.79 Å². The van der Waals surface area contributed by atoms with E-state index in [1.807, 2.05) is 48.5 Å². The minimum absolute atomic E-state index is 0.0156. The molecule has 0 aliphatic carbocycles. The van der Waals surface area contributed by atoms with E-state index in [-0.39, 0.29) is 22.9 Å². The van der Waals surface area contributed by atoms with Crippen molar-refractivity contribution >= 4 is 54.4 Å². The maximum atomic E-state index is 12.5. The number of nitrogens with zero attached hydrogens (tertiary/aromatic N) is 3. The molecule has 6 nitrogen and oxygen atoms in total. The van der Waals surface area contributed by atoms with Crippen LogP contribution in [0, 0.1) is 0 Å². The number of rotatable bonds is 4. The molecule has 4 aromatic rings. The maximum Gasteiger partial charge on any atom is 0.299 e. The topological polar surface area (TPSA) is 87.2 Å². The molecule has 150 valence electrons. The van der Waals surface area contributed by atoms with Gasteiger partial charge in [-0.25, -0.2) is 0 Å². The van der Waals surface area contributed by atoms with Crippen LogP contribution in [0.2, 0.25) is 0 Å². The monoisotopic (exact) mass is 527 g/mol. The minimum atomic E-state index is -0.716. The predicted molar refractivity (Wildman–Crippen MR) is 122 cm³/mol. The lowest BCUT2D eigenvalue weighted by Crippen LogP contribution is -1.98. The Morgan fingerprint density at radius 2 is 1.63 bits per heavy atom. The Labute approximate surface area is 188 Å². The first kappa shape index (κ1) is 20.3. The Kier molecular flexibility index (Phi) is 5.69. The van der Waals surface area contributed by atoms with Crippen molar-refractivity contribution in [3.63, 3.8) is 0 Å². The van der Waals surface area contributed by atoms with Crippen LogP contribution >= 0.6 is 31.9 Å². The molecule has 0 atom stereocenters. The number of aromatic hydroxyl groups is 2. The number of carbonyl (C=O) groups excluding carboxylic acids is 1. The lowest BCUT2D eigenvalue weighted by molar-refractivity contribution is 0.0992. The van der Waals surface area contributed by atoms with Gasteiger partial charge in [0, 0.05) is 14.3 Å². The third-order valence-corrected chi connectivity index (χ3v) is 5.57. The summed E-state index contributed by atoms with van der Waals surface area (Å²) in [5.74, 6) is -1.00. The standard InChI is InChI=1S/C22H15Br2N3O3/c23-14-6-8-18-16(10-14)20(22(30)27(18)12-13-4-2-1-3-5-13)25-26-21(29)17-11-15(24)7-9-19(17)28/h1-11,28,30H,12H2. The summed E-state index contributed by atoms with van der Waals surface area (Å²) in [5.41, 5.74) is 1.96. The van der Waals surface area contributed by atoms with Crippen LogP contribution in [0.1, 0.15) is 15.9 Å². The van der Waals surface area contributed by atoms with E-state index >= 15 is 0 Å². The van der Waals surface area contributed by atoms with Crippen molar-refractivity contribution in [2.75, 3.05) is 0 Å². The van der Waals surface area contributed by atoms with Gasteiger partial charge in [0.05, 0.1) is 17.6 Å². The molecular weight excluding hydrogens is 514 g/mol. The van der Waals surface area contributed by atoms with Crippen LogP contribution in [0.5, 0.6) is 11.6 Å². The van der Waals surface area contributed by atoms with Crippen molar-refractivity contribution in [1.82, 2.24) is 4.57 Å². The van der Waals surface area contributed by atoms with Crippen LogP contribution in [-0.2, 0) is 6.54 Å². The van der Waals surface area contributed by atoms with Crippen LogP contribution in [0.4, 0.5) is 5.69 Å². The summed E-state index contributed by atoms with van der Waals surface area (Å²) in [6.45, 7) is 0.431. The van der Waals surface area contributed by atoms with Crippen LogP contribution in [-0.4, -0.2) is 20.7 Å². The average Bonchev–Trinajstić information content (AvgIpc) is 2.99. The van der Waals surface area contributed by atoms with Gasteiger partial charge < -0.3 is 14.8 Å². The molecule has 0 unspecified atom stereocenters. The summed E-state index contributed by atoms with van der Waals surface area (Å²) < 4.78 is 3.15. The van der Waals surface area contributed by atoms with E-state index in [9.17, 15) is 15.0 Å². The van der Waals surface area contributed by atoms with E-state index < -0.39 is 5.91 Å². The second-order valence-electron chi connectivity index (χ2n) is 6.57. The maximum absolute atomic E-state index is 12.5. The number of fused-ring (bicyclic) bond motifs is 1. The Hall–Kier alpha value is -2.97. The molecule has 4 rings (SSSR count). The number of phenols is 1. The zero-order chi connectivity index (χ0) is 21.3. The summed E-state index contributed by atoms with van der Waals surface area (Å²) in [5, 5.41) is 29.2. The van der Waals surface area contributed by atoms with Crippen molar-refractivity contribution in [2.24, 2.45) is 10.2 Å². The largest absolute Gasteiger partial charge is 0.507 e. The molecule has 8 heteroatoms. The van der Waals surface area contributed by atoms with E-state index in [0.29, 0.717) is 16.4 Å². The van der Waals surface area contributed by atoms with E-state index in [2.05, 4.69) is 42.1 Å². The first-order valence-electron chi connectivity index (χ1n) is 8.93. The predicted octanol–water partition coefficient (Wildman–Crippen LogP) is 6.55. The second-order valence-corrected chi connectivity index (χ2v) is 8.40. The third kappa shape index (κ3) is 4.01. The number of halogens is 2. The number of azo groups is 1. The van der Waals surface area contributed by atoms with Gasteiger partial charge in [0.2, 0.25) is 5.88 Å². The molecule has 0 aliphatic rings. The van der Waals surface area contributed by atoms with Gasteiger partial charge in [-0.1, -0.05) is 62.2 Å². The molecule has 0 spiro atoms. The Bertz CT molecular complexity index is 1280. The van der Waals surface area contributed by atoms with E-state index in [1.165, 1.54) is 12.1 Å². The van der Waals surface area contributed by atoms with E-state index in [0.717, 1.165) is 15.6 Å². The fourth-order valence-electron chi connectivity index (χ4n) is 3.15. The van der Waals surface area contributed by atoms with Crippen LogP contribution in [0.3, 0.4) is 0 Å². The molecule has 0 saturated carbocycles. The second kappa shape index (κ2) is 8.41. The van der Waals surface area contributed by atoms with Crippen LogP contribution in [0.15, 0.2) is 85.9 Å². The molecule has 1 amide bonds. The number of hydrogen-bond donors (Lipinski definition) is 2. The quantitative estimate of drug-likeness (QED) is 0.294. The highest BCUT2D eigenvalue weighted by molar-refractivity contribution is 9.10. The van der Waals surface area contributed by atoms with Gasteiger partial charge in [0.1, 0.15) is 5.75 Å². The molecule has 0 fully saturated rings. The number of amides is 1. The molecule has 0 saturated heterocycles. The normalized spacial score (nSPS) is 11.4. The molecule has 3 aromatic carbocycles. The van der Waals surface area contributed by atoms with Crippen molar-refractivity contribution in [2.45, 2.75) is 6.54 Å². The smallest absolute Gasteiger partial charge is 0.299 e. The number of phenolic OH excluding ortho intramolecular Hbond substituents is 1. The van der Waals surface area contributed by atoms with E-state index in [4.69, 9.17) is 0 Å². The summed E-state index contributed by atoms with van der Waals surface area (Å²) in [6.07, 6.45) is 0. The third-order valence-electron chi connectivity index (χ3n) is 4.59. The fraction of sp³-hybridized carbons (Fsp3) is 0.0455. The zero-order valence-electron chi connectivity index (χ0n) is 15.5. The number of carbonyl (C=O) groups is 1. The van der Waals surface area contributed by atoms with Gasteiger partial charge in [-0.15, -0.1) is 10.2 Å². The fourth-order valence-corrected chi connectivity index (χ4v) is 3.87. The highest BCUT2D eigenvalue weighted by atomic mass is 79.9. The molecule has 0 radical (unpaired) electrons. The minimum Gasteiger partial charge on any atom is -0.507 e. The van der Waals surface area contributed by atoms with Crippen molar-refractivity contribution in [1.29, 1.82) is 0 Å². The van der Waals surface area contributed by atoms with Gasteiger partial charge >= 0.3 is 0 Å². The number of hydrogen-bond acceptors (Lipinski definition) is 4. The van der Waals surface area contributed by atoms with Crippen molar-refractivity contribution in [3.8, 4) is 11.6 Å². The van der Waals surface area contributed by atoms with Crippen LogP contribution in [0.25, 0.3) is 10.9 Å². The van der Waals surface area contributed by atoms with Gasteiger partial charge in [-0.05, 0) is 42.0 Å². The summed E-state index contributed by atoms with van der Waals surface area (Å²) in [6, 6.07) is 19.7. The molecule has 0 aliphatic heterocycles. The molecule has 1 aromatic heterocycles. The molecule has 2 N–H and O–H groups in total. The first-order chi connectivity index (χ1) is 14.4. The summed E-state index contributed by atoms with van der Waals surface area (Å²) in [7, 11) is 0. The lowest BCUT2D eigenvalue weighted by Gasteiger charge is -2.07. The zero-order valence-corrected chi connectivity index (χ0v) is 18.6. The molecular formula is C22H15Br2N3O3. The molecule has 30 heavy (non-hydrogen) atoms. The Morgan fingerprint density at radius 1 is 0.933 bits per heavy atom. The van der Waals surface area contributed by atoms with E-state index in [1.54, 1.807) is 10.6 Å². The van der Waals surface area contributed by atoms with Gasteiger partial charge in [0.25, 0.3) is 5.91 Å². The molecule has 1 heterocycles. The van der Waals surface area contributed by atoms with Gasteiger partial charge in [-0.2, -0.15) is 0 Å². The number of benzene rings is 3. The van der Waals surface area contributed by atoms with Crippen molar-refractivity contribution in [3.05, 3.63) is 86.8 Å². The highest BCUT2D eigenvalue weighted by Crippen LogP contribution is 2.40. The number of aromatic nitrogens is 1. The Morgan fingerprint density at radius 3 is 2.40 bits per heavy atom. The summed E-state index contributed by atoms with van der Waals surface area (Å²) in [4.78, 5) is 12.5. The SMILES string of the molecule is O=C(N=Nc1c(O)n(Cc2ccccc2)c2ccc(Br)cc12)c1cc(Br)ccc1O. The first-order valence-corrected chi connectivity index (χ1v) is 10.5. The lowest BCUT2D eigenvalue weighted by atomic mass is 10.2.